The Bertz CT molecular complexity index is 873. The number of furan rings is 1. The number of piperazine rings is 1. The van der Waals surface area contributed by atoms with E-state index in [1.807, 2.05) is 19.1 Å². The van der Waals surface area contributed by atoms with Gasteiger partial charge in [0.1, 0.15) is 11.5 Å². The van der Waals surface area contributed by atoms with Crippen molar-refractivity contribution < 1.29 is 4.42 Å². The largest absolute Gasteiger partial charge is 0.465 e. The van der Waals surface area contributed by atoms with Gasteiger partial charge in [0.2, 0.25) is 0 Å². The van der Waals surface area contributed by atoms with Crippen LogP contribution in [0.15, 0.2) is 46.9 Å². The number of aromatic nitrogens is 2. The predicted octanol–water partition coefficient (Wildman–Crippen LogP) is 3.71. The normalized spacial score (nSPS) is 15.6. The van der Waals surface area contributed by atoms with Crippen molar-refractivity contribution in [2.24, 2.45) is 0 Å². The van der Waals surface area contributed by atoms with Crippen LogP contribution in [-0.2, 0) is 6.54 Å². The van der Waals surface area contributed by atoms with Crippen LogP contribution in [0.2, 0.25) is 0 Å². The van der Waals surface area contributed by atoms with Crippen LogP contribution < -0.4 is 4.90 Å². The Hall–Kier alpha value is -2.53. The first-order valence-electron chi connectivity index (χ1n) is 9.26. The molecule has 1 fully saturated rings. The van der Waals surface area contributed by atoms with Crippen LogP contribution in [0.25, 0.3) is 5.69 Å². The zero-order valence-electron chi connectivity index (χ0n) is 15.8. The molecule has 0 spiro atoms. The second-order valence-corrected chi connectivity index (χ2v) is 7.04. The maximum absolute atomic E-state index is 5.72. The summed E-state index contributed by atoms with van der Waals surface area (Å²) >= 11 is 0. The highest BCUT2D eigenvalue weighted by Crippen LogP contribution is 2.28. The van der Waals surface area contributed by atoms with Crippen LogP contribution in [0.5, 0.6) is 0 Å². The van der Waals surface area contributed by atoms with Gasteiger partial charge in [-0.2, -0.15) is 5.10 Å². The predicted molar refractivity (Wildman–Crippen MR) is 104 cm³/mol. The molecule has 0 unspecified atom stereocenters. The summed E-state index contributed by atoms with van der Waals surface area (Å²) in [5, 5.41) is 4.79. The van der Waals surface area contributed by atoms with Crippen LogP contribution in [0.4, 0.5) is 5.69 Å². The smallest absolute Gasteiger partial charge is 0.118 e. The maximum Gasteiger partial charge on any atom is 0.118 e. The van der Waals surface area contributed by atoms with Crippen molar-refractivity contribution in [2.45, 2.75) is 27.3 Å². The Morgan fingerprint density at radius 2 is 1.65 bits per heavy atom. The molecular weight excluding hydrogens is 324 g/mol. The van der Waals surface area contributed by atoms with Gasteiger partial charge in [-0.3, -0.25) is 4.90 Å². The van der Waals surface area contributed by atoms with Crippen LogP contribution in [0.1, 0.15) is 22.9 Å². The highest BCUT2D eigenvalue weighted by Gasteiger charge is 2.23. The van der Waals surface area contributed by atoms with Gasteiger partial charge in [0, 0.05) is 26.2 Å². The van der Waals surface area contributed by atoms with Crippen LogP contribution in [-0.4, -0.2) is 40.9 Å². The van der Waals surface area contributed by atoms with E-state index in [-0.39, 0.29) is 0 Å². The number of hydrogen-bond donors (Lipinski definition) is 0. The molecule has 26 heavy (non-hydrogen) atoms. The molecule has 4 rings (SSSR count). The lowest BCUT2D eigenvalue weighted by Crippen LogP contribution is -2.46. The fourth-order valence-corrected chi connectivity index (χ4v) is 3.83. The number of rotatable bonds is 4. The van der Waals surface area contributed by atoms with Gasteiger partial charge in [0.25, 0.3) is 0 Å². The van der Waals surface area contributed by atoms with E-state index in [2.05, 4.69) is 58.7 Å². The lowest BCUT2D eigenvalue weighted by atomic mass is 10.2. The summed E-state index contributed by atoms with van der Waals surface area (Å²) in [6.07, 6.45) is 0. The fraction of sp³-hybridized carbons (Fsp3) is 0.381. The van der Waals surface area contributed by atoms with Gasteiger partial charge >= 0.3 is 0 Å². The number of benzene rings is 1. The zero-order chi connectivity index (χ0) is 18.1. The van der Waals surface area contributed by atoms with Crippen LogP contribution >= 0.6 is 0 Å². The summed E-state index contributed by atoms with van der Waals surface area (Å²) < 4.78 is 7.78. The molecule has 5 nitrogen and oxygen atoms in total. The highest BCUT2D eigenvalue weighted by molar-refractivity contribution is 5.57. The Morgan fingerprint density at radius 1 is 0.923 bits per heavy atom. The quantitative estimate of drug-likeness (QED) is 0.719. The van der Waals surface area contributed by atoms with Crippen molar-refractivity contribution in [3.05, 3.63) is 65.4 Å². The van der Waals surface area contributed by atoms with Gasteiger partial charge in [-0.15, -0.1) is 0 Å². The van der Waals surface area contributed by atoms with Crippen molar-refractivity contribution in [2.75, 3.05) is 31.1 Å². The Balaban J connectivity index is 1.47. The van der Waals surface area contributed by atoms with E-state index in [4.69, 9.17) is 9.52 Å². The average molecular weight is 350 g/mol. The molecule has 136 valence electrons. The molecule has 3 aromatic rings. The van der Waals surface area contributed by atoms with Gasteiger partial charge in [0.05, 0.1) is 29.3 Å². The minimum atomic E-state index is 0.892. The molecule has 0 atom stereocenters. The van der Waals surface area contributed by atoms with Crippen molar-refractivity contribution in [1.29, 1.82) is 0 Å². The van der Waals surface area contributed by atoms with Gasteiger partial charge in [-0.25, -0.2) is 4.68 Å². The summed E-state index contributed by atoms with van der Waals surface area (Å²) in [6, 6.07) is 14.5. The Kier molecular flexibility index (Phi) is 4.55. The topological polar surface area (TPSA) is 37.4 Å². The van der Waals surface area contributed by atoms with Gasteiger partial charge < -0.3 is 9.32 Å². The van der Waals surface area contributed by atoms with Crippen molar-refractivity contribution in [3.8, 4) is 5.69 Å². The van der Waals surface area contributed by atoms with Gasteiger partial charge in [-0.1, -0.05) is 18.2 Å². The van der Waals surface area contributed by atoms with E-state index >= 15 is 0 Å². The first-order chi connectivity index (χ1) is 12.6. The monoisotopic (exact) mass is 350 g/mol. The molecule has 5 heteroatoms. The second-order valence-electron chi connectivity index (χ2n) is 7.04. The third-order valence-electron chi connectivity index (χ3n) is 5.12. The van der Waals surface area contributed by atoms with Crippen molar-refractivity contribution in [3.63, 3.8) is 0 Å². The molecule has 0 N–H and O–H groups in total. The summed E-state index contributed by atoms with van der Waals surface area (Å²) in [5.74, 6) is 2.04. The van der Waals surface area contributed by atoms with E-state index in [9.17, 15) is 0 Å². The summed E-state index contributed by atoms with van der Waals surface area (Å²) in [5.41, 5.74) is 4.71. The van der Waals surface area contributed by atoms with E-state index in [0.717, 1.165) is 55.6 Å². The molecule has 1 aliphatic rings. The van der Waals surface area contributed by atoms with Crippen LogP contribution in [0.3, 0.4) is 0 Å². The summed E-state index contributed by atoms with van der Waals surface area (Å²) in [7, 11) is 0. The molecule has 0 radical (unpaired) electrons. The average Bonchev–Trinajstić information content (AvgIpc) is 3.19. The lowest BCUT2D eigenvalue weighted by Gasteiger charge is -2.35. The number of hydrogen-bond acceptors (Lipinski definition) is 4. The van der Waals surface area contributed by atoms with E-state index in [1.165, 1.54) is 11.4 Å². The fourth-order valence-electron chi connectivity index (χ4n) is 3.83. The number of nitrogens with zero attached hydrogens (tertiary/aromatic N) is 4. The van der Waals surface area contributed by atoms with Crippen molar-refractivity contribution >= 4 is 5.69 Å². The highest BCUT2D eigenvalue weighted by atomic mass is 16.3. The van der Waals surface area contributed by atoms with Crippen molar-refractivity contribution in [1.82, 2.24) is 14.7 Å². The third-order valence-corrected chi connectivity index (χ3v) is 5.12. The summed E-state index contributed by atoms with van der Waals surface area (Å²) in [6.45, 7) is 11.3. The minimum Gasteiger partial charge on any atom is -0.465 e. The molecule has 1 aliphatic heterocycles. The molecular formula is C21H26N4O. The minimum absolute atomic E-state index is 0.892. The van der Waals surface area contributed by atoms with E-state index < -0.39 is 0 Å². The zero-order valence-corrected chi connectivity index (χ0v) is 15.8. The first kappa shape index (κ1) is 16.9. The molecule has 2 aromatic heterocycles. The molecule has 0 amide bonds. The summed E-state index contributed by atoms with van der Waals surface area (Å²) in [4.78, 5) is 4.93. The van der Waals surface area contributed by atoms with Gasteiger partial charge in [-0.05, 0) is 45.0 Å². The second kappa shape index (κ2) is 7.00. The first-order valence-corrected chi connectivity index (χ1v) is 9.26. The number of para-hydroxylation sites is 1. The third kappa shape index (κ3) is 3.27. The maximum atomic E-state index is 5.72. The van der Waals surface area contributed by atoms with Crippen LogP contribution in [0, 0.1) is 20.8 Å². The molecule has 0 bridgehead atoms. The lowest BCUT2D eigenvalue weighted by molar-refractivity contribution is 0.229. The Labute approximate surface area is 154 Å². The molecule has 0 saturated carbocycles. The molecule has 0 aliphatic carbocycles. The molecule has 3 heterocycles. The van der Waals surface area contributed by atoms with E-state index in [1.54, 1.807) is 0 Å². The standard InChI is InChI=1S/C21H26N4O/c1-16-9-10-20(26-16)15-23-11-13-24(14-12-23)21-17(2)22-25(18(21)3)19-7-5-4-6-8-19/h4-10H,11-15H2,1-3H3. The van der Waals surface area contributed by atoms with Gasteiger partial charge in [0.15, 0.2) is 0 Å². The number of aryl methyl sites for hydroxylation is 2. The number of anilines is 1. The van der Waals surface area contributed by atoms with E-state index in [0.29, 0.717) is 0 Å². The Morgan fingerprint density at radius 3 is 2.31 bits per heavy atom. The molecule has 1 saturated heterocycles. The SMILES string of the molecule is Cc1ccc(CN2CCN(c3c(C)nn(-c4ccccc4)c3C)CC2)o1. The molecule has 1 aromatic carbocycles.